The highest BCUT2D eigenvalue weighted by Gasteiger charge is 2.28. The number of carbonyl (C=O) groups is 1. The van der Waals surface area contributed by atoms with Crippen LogP contribution in [0, 0.1) is 0 Å². The van der Waals surface area contributed by atoms with Crippen LogP contribution in [0.1, 0.15) is 39.5 Å². The molecule has 0 spiro atoms. The van der Waals surface area contributed by atoms with Crippen LogP contribution in [0.3, 0.4) is 0 Å². The summed E-state index contributed by atoms with van der Waals surface area (Å²) in [6, 6.07) is 8.13. The van der Waals surface area contributed by atoms with Crippen molar-refractivity contribution in [2.45, 2.75) is 55.7 Å². The van der Waals surface area contributed by atoms with E-state index in [1.807, 2.05) is 31.2 Å². The molecule has 0 radical (unpaired) electrons. The fourth-order valence-corrected chi connectivity index (χ4v) is 3.78. The summed E-state index contributed by atoms with van der Waals surface area (Å²) in [6.07, 6.45) is 4.60. The van der Waals surface area contributed by atoms with E-state index in [0.29, 0.717) is 6.04 Å². The van der Waals surface area contributed by atoms with E-state index in [2.05, 4.69) is 11.8 Å². The van der Waals surface area contributed by atoms with E-state index >= 15 is 0 Å². The van der Waals surface area contributed by atoms with Gasteiger partial charge in [0.25, 0.3) is 0 Å². The fourth-order valence-electron chi connectivity index (χ4n) is 2.72. The number of halogens is 1. The maximum Gasteiger partial charge on any atom is 0.236 e. The van der Waals surface area contributed by atoms with Gasteiger partial charge in [0.1, 0.15) is 0 Å². The average molecular weight is 312 g/mol. The number of rotatable bonds is 4. The van der Waals surface area contributed by atoms with Crippen LogP contribution in [-0.2, 0) is 4.79 Å². The molecule has 2 nitrogen and oxygen atoms in total. The zero-order chi connectivity index (χ0) is 14.5. The van der Waals surface area contributed by atoms with Crippen molar-refractivity contribution in [3.05, 3.63) is 29.3 Å². The number of piperidine rings is 1. The summed E-state index contributed by atoms with van der Waals surface area (Å²) in [7, 11) is 0. The van der Waals surface area contributed by atoms with Crippen molar-refractivity contribution in [2.75, 3.05) is 6.54 Å². The molecule has 0 saturated carbocycles. The van der Waals surface area contributed by atoms with Gasteiger partial charge in [-0.05, 0) is 56.9 Å². The van der Waals surface area contributed by atoms with Gasteiger partial charge < -0.3 is 4.90 Å². The van der Waals surface area contributed by atoms with E-state index in [1.165, 1.54) is 6.42 Å². The lowest BCUT2D eigenvalue weighted by atomic mass is 10.00. The first-order chi connectivity index (χ1) is 9.61. The van der Waals surface area contributed by atoms with Gasteiger partial charge in [-0.3, -0.25) is 4.79 Å². The number of hydrogen-bond donors (Lipinski definition) is 0. The second kappa shape index (κ2) is 7.37. The summed E-state index contributed by atoms with van der Waals surface area (Å²) < 4.78 is 0. The van der Waals surface area contributed by atoms with Crippen LogP contribution in [0.5, 0.6) is 0 Å². The average Bonchev–Trinajstić information content (AvgIpc) is 2.48. The number of amides is 1. The second-order valence-corrected chi connectivity index (χ2v) is 7.15. The van der Waals surface area contributed by atoms with Gasteiger partial charge in [-0.1, -0.05) is 18.5 Å². The number of nitrogens with zero attached hydrogens (tertiary/aromatic N) is 1. The highest BCUT2D eigenvalue weighted by Crippen LogP contribution is 2.28. The summed E-state index contributed by atoms with van der Waals surface area (Å²) in [4.78, 5) is 15.8. The van der Waals surface area contributed by atoms with Gasteiger partial charge in [0.05, 0.1) is 5.25 Å². The van der Waals surface area contributed by atoms with E-state index in [-0.39, 0.29) is 11.2 Å². The maximum absolute atomic E-state index is 12.6. The van der Waals surface area contributed by atoms with Gasteiger partial charge in [0, 0.05) is 22.5 Å². The molecule has 1 amide bonds. The Balaban J connectivity index is 1.98. The van der Waals surface area contributed by atoms with Crippen molar-refractivity contribution in [3.63, 3.8) is 0 Å². The van der Waals surface area contributed by atoms with Crippen LogP contribution in [-0.4, -0.2) is 28.6 Å². The standard InChI is InChI=1S/C16H22ClNOS/c1-3-14-6-4-5-11-18(14)16(19)12(2)20-15-9-7-13(17)8-10-15/h7-10,12,14H,3-6,11H2,1-2H3. The van der Waals surface area contributed by atoms with Crippen molar-refractivity contribution in [2.24, 2.45) is 0 Å². The third-order valence-electron chi connectivity index (χ3n) is 3.86. The van der Waals surface area contributed by atoms with Gasteiger partial charge in [0.2, 0.25) is 5.91 Å². The Morgan fingerprint density at radius 3 is 2.75 bits per heavy atom. The van der Waals surface area contributed by atoms with Crippen molar-refractivity contribution in [1.29, 1.82) is 0 Å². The van der Waals surface area contributed by atoms with Gasteiger partial charge in [0.15, 0.2) is 0 Å². The lowest BCUT2D eigenvalue weighted by molar-refractivity contribution is -0.134. The summed E-state index contributed by atoms with van der Waals surface area (Å²) in [6.45, 7) is 5.10. The maximum atomic E-state index is 12.6. The summed E-state index contributed by atoms with van der Waals surface area (Å²) >= 11 is 7.50. The zero-order valence-electron chi connectivity index (χ0n) is 12.1. The van der Waals surface area contributed by atoms with Crippen LogP contribution in [0.25, 0.3) is 0 Å². The molecule has 1 saturated heterocycles. The van der Waals surface area contributed by atoms with Gasteiger partial charge in [-0.2, -0.15) is 0 Å². The predicted octanol–water partition coefficient (Wildman–Crippen LogP) is 4.61. The van der Waals surface area contributed by atoms with Crippen LogP contribution >= 0.6 is 23.4 Å². The van der Waals surface area contributed by atoms with Crippen LogP contribution in [0.4, 0.5) is 0 Å². The third kappa shape index (κ3) is 3.92. The Bertz CT molecular complexity index is 448. The predicted molar refractivity (Wildman–Crippen MR) is 86.4 cm³/mol. The molecule has 4 heteroatoms. The topological polar surface area (TPSA) is 20.3 Å². The quantitative estimate of drug-likeness (QED) is 0.757. The molecule has 0 bridgehead atoms. The molecule has 1 aliphatic rings. The Kier molecular flexibility index (Phi) is 5.79. The lowest BCUT2D eigenvalue weighted by Gasteiger charge is -2.36. The molecule has 0 N–H and O–H groups in total. The molecule has 0 aromatic heterocycles. The van der Waals surface area contributed by atoms with Crippen molar-refractivity contribution in [3.8, 4) is 0 Å². The second-order valence-electron chi connectivity index (χ2n) is 5.30. The Morgan fingerprint density at radius 1 is 1.40 bits per heavy atom. The first-order valence-corrected chi connectivity index (χ1v) is 8.60. The summed E-state index contributed by atoms with van der Waals surface area (Å²) in [5.41, 5.74) is 0. The highest BCUT2D eigenvalue weighted by atomic mass is 35.5. The Hall–Kier alpha value is -0.670. The fraction of sp³-hybridized carbons (Fsp3) is 0.562. The van der Waals surface area contributed by atoms with Crippen molar-refractivity contribution >= 4 is 29.3 Å². The first kappa shape index (κ1) is 15.7. The van der Waals surface area contributed by atoms with Crippen molar-refractivity contribution in [1.82, 2.24) is 4.90 Å². The van der Waals surface area contributed by atoms with Crippen LogP contribution in [0.2, 0.25) is 5.02 Å². The minimum atomic E-state index is -0.0386. The molecule has 20 heavy (non-hydrogen) atoms. The molecule has 2 unspecified atom stereocenters. The SMILES string of the molecule is CCC1CCCCN1C(=O)C(C)Sc1ccc(Cl)cc1. The molecule has 1 fully saturated rings. The van der Waals surface area contributed by atoms with E-state index in [9.17, 15) is 4.79 Å². The number of thioether (sulfide) groups is 1. The number of benzene rings is 1. The van der Waals surface area contributed by atoms with Crippen molar-refractivity contribution < 1.29 is 4.79 Å². The van der Waals surface area contributed by atoms with E-state index in [4.69, 9.17) is 11.6 Å². The molecule has 1 heterocycles. The van der Waals surface area contributed by atoms with Gasteiger partial charge in [-0.15, -0.1) is 11.8 Å². The molecular weight excluding hydrogens is 290 g/mol. The molecule has 110 valence electrons. The monoisotopic (exact) mass is 311 g/mol. The minimum Gasteiger partial charge on any atom is -0.339 e. The minimum absolute atomic E-state index is 0.0386. The lowest BCUT2D eigenvalue weighted by Crippen LogP contribution is -2.46. The van der Waals surface area contributed by atoms with E-state index < -0.39 is 0 Å². The number of carbonyl (C=O) groups excluding carboxylic acids is 1. The smallest absolute Gasteiger partial charge is 0.236 e. The molecule has 2 rings (SSSR count). The Labute approximate surface area is 130 Å². The van der Waals surface area contributed by atoms with E-state index in [0.717, 1.165) is 35.7 Å². The molecule has 2 atom stereocenters. The molecular formula is C16H22ClNOS. The number of likely N-dealkylation sites (tertiary alicyclic amines) is 1. The third-order valence-corrected chi connectivity index (χ3v) is 5.21. The normalized spacial score (nSPS) is 20.8. The number of hydrogen-bond acceptors (Lipinski definition) is 2. The summed E-state index contributed by atoms with van der Waals surface area (Å²) in [5, 5.41) is 0.693. The van der Waals surface area contributed by atoms with E-state index in [1.54, 1.807) is 11.8 Å². The first-order valence-electron chi connectivity index (χ1n) is 7.34. The molecule has 1 aromatic rings. The molecule has 1 aromatic carbocycles. The molecule has 1 aliphatic heterocycles. The Morgan fingerprint density at radius 2 is 2.10 bits per heavy atom. The molecule has 0 aliphatic carbocycles. The van der Waals surface area contributed by atoms with Crippen LogP contribution < -0.4 is 0 Å². The largest absolute Gasteiger partial charge is 0.339 e. The highest BCUT2D eigenvalue weighted by molar-refractivity contribution is 8.00. The summed E-state index contributed by atoms with van der Waals surface area (Å²) in [5.74, 6) is 0.275. The van der Waals surface area contributed by atoms with Gasteiger partial charge in [-0.25, -0.2) is 0 Å². The zero-order valence-corrected chi connectivity index (χ0v) is 13.7. The van der Waals surface area contributed by atoms with Crippen LogP contribution in [0.15, 0.2) is 29.2 Å². The van der Waals surface area contributed by atoms with Gasteiger partial charge >= 0.3 is 0 Å².